The largest absolute Gasteiger partial charge is 0.399 e. The van der Waals surface area contributed by atoms with Gasteiger partial charge in [-0.15, -0.1) is 5.10 Å². The van der Waals surface area contributed by atoms with Crippen molar-refractivity contribution in [3.05, 3.63) is 75.5 Å². The molecule has 0 aliphatic heterocycles. The van der Waals surface area contributed by atoms with Crippen LogP contribution < -0.4 is 0 Å². The van der Waals surface area contributed by atoms with Gasteiger partial charge in [-0.25, -0.2) is 4.68 Å². The fourth-order valence-electron chi connectivity index (χ4n) is 2.40. The molecule has 0 saturated heterocycles. The van der Waals surface area contributed by atoms with Gasteiger partial charge in [0.1, 0.15) is 12.8 Å². The Morgan fingerprint density at radius 1 is 1.04 bits per heavy atom. The SMILES string of the molecule is CO/N=C(/CON=C(c1ccccc1)c1nnnn1C)c1cc(Cl)cc(Cl)c1. The molecule has 28 heavy (non-hydrogen) atoms. The number of oxime groups is 2. The third-order valence-corrected chi connectivity index (χ3v) is 4.07. The Bertz CT molecular complexity index is 984. The Morgan fingerprint density at radius 2 is 1.75 bits per heavy atom. The summed E-state index contributed by atoms with van der Waals surface area (Å²) in [6.07, 6.45) is 0. The minimum absolute atomic E-state index is 0.0200. The van der Waals surface area contributed by atoms with Crippen molar-refractivity contribution in [2.75, 3.05) is 13.7 Å². The van der Waals surface area contributed by atoms with Crippen molar-refractivity contribution in [3.63, 3.8) is 0 Å². The molecule has 0 fully saturated rings. The van der Waals surface area contributed by atoms with Gasteiger partial charge in [0.25, 0.3) is 0 Å². The highest BCUT2D eigenvalue weighted by Gasteiger charge is 2.15. The lowest BCUT2D eigenvalue weighted by atomic mass is 10.1. The average molecular weight is 419 g/mol. The standard InChI is InChI=1S/C18H16Cl2N6O2/c1-26-18(21-24-25-26)17(12-6-4-3-5-7-12)23-28-11-16(22-27-2)13-8-14(19)10-15(20)9-13/h3-10H,11H2,1-2H3/b22-16-,23-17?. The molecule has 0 atom stereocenters. The molecule has 144 valence electrons. The van der Waals surface area contributed by atoms with Crippen LogP contribution in [0.15, 0.2) is 58.8 Å². The zero-order valence-electron chi connectivity index (χ0n) is 15.1. The van der Waals surface area contributed by atoms with E-state index in [0.29, 0.717) is 32.9 Å². The maximum Gasteiger partial charge on any atom is 0.204 e. The van der Waals surface area contributed by atoms with E-state index in [4.69, 9.17) is 32.9 Å². The molecule has 0 saturated carbocycles. The number of hydrogen-bond donors (Lipinski definition) is 0. The summed E-state index contributed by atoms with van der Waals surface area (Å²) in [5, 5.41) is 20.7. The minimum atomic E-state index is 0.0200. The second-order valence-corrected chi connectivity index (χ2v) is 6.46. The van der Waals surface area contributed by atoms with Gasteiger partial charge in [0, 0.05) is 28.2 Å². The van der Waals surface area contributed by atoms with Gasteiger partial charge in [0.15, 0.2) is 12.3 Å². The molecule has 1 heterocycles. The van der Waals surface area contributed by atoms with Crippen molar-refractivity contribution >= 4 is 34.6 Å². The lowest BCUT2D eigenvalue weighted by molar-refractivity contribution is 0.173. The number of halogens is 2. The fraction of sp³-hybridized carbons (Fsp3) is 0.167. The molecule has 0 radical (unpaired) electrons. The normalized spacial score (nSPS) is 12.1. The Labute approximate surface area is 171 Å². The summed E-state index contributed by atoms with van der Waals surface area (Å²) in [6.45, 7) is 0.0200. The molecular weight excluding hydrogens is 403 g/mol. The van der Waals surface area contributed by atoms with Crippen LogP contribution in [0.3, 0.4) is 0 Å². The number of nitrogens with zero attached hydrogens (tertiary/aromatic N) is 6. The summed E-state index contributed by atoms with van der Waals surface area (Å²) in [4.78, 5) is 10.5. The van der Waals surface area contributed by atoms with Gasteiger partial charge in [-0.3, -0.25) is 0 Å². The number of rotatable bonds is 7. The summed E-state index contributed by atoms with van der Waals surface area (Å²) in [6, 6.07) is 14.5. The monoisotopic (exact) mass is 418 g/mol. The van der Waals surface area contributed by atoms with Crippen LogP contribution in [0.5, 0.6) is 0 Å². The van der Waals surface area contributed by atoms with Crippen LogP contribution in [0, 0.1) is 0 Å². The number of aryl methyl sites for hydroxylation is 1. The predicted molar refractivity (Wildman–Crippen MR) is 107 cm³/mol. The highest BCUT2D eigenvalue weighted by atomic mass is 35.5. The smallest absolute Gasteiger partial charge is 0.204 e. The van der Waals surface area contributed by atoms with Crippen molar-refractivity contribution < 1.29 is 9.68 Å². The van der Waals surface area contributed by atoms with Crippen molar-refractivity contribution in [1.82, 2.24) is 20.2 Å². The van der Waals surface area contributed by atoms with Gasteiger partial charge < -0.3 is 9.68 Å². The van der Waals surface area contributed by atoms with Crippen LogP contribution in [0.1, 0.15) is 17.0 Å². The third kappa shape index (κ3) is 4.85. The lowest BCUT2D eigenvalue weighted by Crippen LogP contribution is -2.14. The van der Waals surface area contributed by atoms with Crippen molar-refractivity contribution in [2.24, 2.45) is 17.4 Å². The highest BCUT2D eigenvalue weighted by Crippen LogP contribution is 2.20. The summed E-state index contributed by atoms with van der Waals surface area (Å²) in [5.41, 5.74) is 2.42. The van der Waals surface area contributed by atoms with E-state index < -0.39 is 0 Å². The van der Waals surface area contributed by atoms with E-state index in [1.165, 1.54) is 11.8 Å². The third-order valence-electron chi connectivity index (χ3n) is 3.63. The molecular formula is C18H16Cl2N6O2. The van der Waals surface area contributed by atoms with Gasteiger partial charge in [0.05, 0.1) is 0 Å². The lowest BCUT2D eigenvalue weighted by Gasteiger charge is -2.08. The van der Waals surface area contributed by atoms with Gasteiger partial charge in [-0.2, -0.15) is 0 Å². The first-order chi connectivity index (χ1) is 13.6. The first-order valence-electron chi connectivity index (χ1n) is 8.13. The molecule has 0 aliphatic rings. The molecule has 0 bridgehead atoms. The zero-order chi connectivity index (χ0) is 19.9. The molecule has 3 rings (SSSR count). The van der Waals surface area contributed by atoms with Gasteiger partial charge >= 0.3 is 0 Å². The van der Waals surface area contributed by atoms with E-state index in [-0.39, 0.29) is 6.61 Å². The van der Waals surface area contributed by atoms with Gasteiger partial charge in [0.2, 0.25) is 5.82 Å². The van der Waals surface area contributed by atoms with Gasteiger partial charge in [-0.1, -0.05) is 63.8 Å². The average Bonchev–Trinajstić information content (AvgIpc) is 3.10. The van der Waals surface area contributed by atoms with Crippen LogP contribution in [0.4, 0.5) is 0 Å². The number of aromatic nitrogens is 4. The van der Waals surface area contributed by atoms with E-state index in [2.05, 4.69) is 25.8 Å². The van der Waals surface area contributed by atoms with Crippen molar-refractivity contribution in [2.45, 2.75) is 0 Å². The van der Waals surface area contributed by atoms with Crippen LogP contribution in [-0.2, 0) is 16.7 Å². The number of tetrazole rings is 1. The van der Waals surface area contributed by atoms with Crippen LogP contribution in [-0.4, -0.2) is 45.3 Å². The molecule has 10 heteroatoms. The molecule has 3 aromatic rings. The van der Waals surface area contributed by atoms with E-state index in [1.807, 2.05) is 30.3 Å². The number of benzene rings is 2. The molecule has 0 N–H and O–H groups in total. The fourth-order valence-corrected chi connectivity index (χ4v) is 2.93. The summed E-state index contributed by atoms with van der Waals surface area (Å²) in [5.74, 6) is 0.460. The van der Waals surface area contributed by atoms with E-state index in [0.717, 1.165) is 5.56 Å². The first-order valence-corrected chi connectivity index (χ1v) is 8.88. The zero-order valence-corrected chi connectivity index (χ0v) is 16.6. The maximum absolute atomic E-state index is 6.07. The topological polar surface area (TPSA) is 86.8 Å². The molecule has 2 aromatic carbocycles. The van der Waals surface area contributed by atoms with E-state index in [9.17, 15) is 0 Å². The number of hydrogen-bond acceptors (Lipinski definition) is 7. The Hall–Kier alpha value is -2.97. The first kappa shape index (κ1) is 19.8. The van der Waals surface area contributed by atoms with Crippen molar-refractivity contribution in [3.8, 4) is 0 Å². The molecule has 0 amide bonds. The Balaban J connectivity index is 1.88. The van der Waals surface area contributed by atoms with Crippen LogP contribution >= 0.6 is 23.2 Å². The molecule has 0 aliphatic carbocycles. The quantitative estimate of drug-likeness (QED) is 0.433. The molecule has 1 aromatic heterocycles. The summed E-state index contributed by atoms with van der Waals surface area (Å²) in [7, 11) is 3.16. The van der Waals surface area contributed by atoms with Crippen molar-refractivity contribution in [1.29, 1.82) is 0 Å². The minimum Gasteiger partial charge on any atom is -0.399 e. The van der Waals surface area contributed by atoms with Crippen LogP contribution in [0.2, 0.25) is 10.0 Å². The van der Waals surface area contributed by atoms with Gasteiger partial charge in [-0.05, 0) is 28.6 Å². The summed E-state index contributed by atoms with van der Waals surface area (Å²) >= 11 is 12.1. The Kier molecular flexibility index (Phi) is 6.57. The second-order valence-electron chi connectivity index (χ2n) is 5.58. The van der Waals surface area contributed by atoms with Crippen LogP contribution in [0.25, 0.3) is 0 Å². The predicted octanol–water partition coefficient (Wildman–Crippen LogP) is 3.34. The molecule has 8 nitrogen and oxygen atoms in total. The summed E-state index contributed by atoms with van der Waals surface area (Å²) < 4.78 is 1.51. The maximum atomic E-state index is 6.07. The molecule has 0 spiro atoms. The Morgan fingerprint density at radius 3 is 2.36 bits per heavy atom. The van der Waals surface area contributed by atoms with E-state index >= 15 is 0 Å². The molecule has 0 unspecified atom stereocenters. The van der Waals surface area contributed by atoms with E-state index in [1.54, 1.807) is 25.2 Å². The second kappa shape index (κ2) is 9.29. The highest BCUT2D eigenvalue weighted by molar-refractivity contribution is 6.35.